The fraction of sp³-hybridized carbons (Fsp3) is 0.538. The monoisotopic (exact) mass is 186 g/mol. The average Bonchev–Trinajstić information content (AvgIpc) is 2.94. The first kappa shape index (κ1) is 7.47. The number of aliphatic hydroxyl groups is 1. The zero-order valence-corrected chi connectivity index (χ0v) is 8.16. The molecule has 2 unspecified atom stereocenters. The number of fused-ring (bicyclic) bond motifs is 5. The second kappa shape index (κ2) is 1.92. The van der Waals surface area contributed by atoms with E-state index in [1.807, 2.05) is 0 Å². The topological polar surface area (TPSA) is 20.2 Å². The Kier molecular flexibility index (Phi) is 1.02. The molecule has 2 saturated carbocycles. The van der Waals surface area contributed by atoms with Crippen molar-refractivity contribution in [2.24, 2.45) is 5.92 Å². The molecule has 1 aromatic rings. The zero-order valence-electron chi connectivity index (χ0n) is 8.16. The van der Waals surface area contributed by atoms with E-state index in [-0.39, 0.29) is 0 Å². The Morgan fingerprint density at radius 2 is 1.79 bits per heavy atom. The Hall–Kier alpha value is -0.820. The molecule has 1 heteroatoms. The van der Waals surface area contributed by atoms with E-state index >= 15 is 0 Å². The van der Waals surface area contributed by atoms with Crippen LogP contribution in [-0.2, 0) is 11.0 Å². The average molecular weight is 186 g/mol. The van der Waals surface area contributed by atoms with Gasteiger partial charge in [-0.3, -0.25) is 0 Å². The van der Waals surface area contributed by atoms with E-state index in [1.165, 1.54) is 30.4 Å². The van der Waals surface area contributed by atoms with Gasteiger partial charge in [0.25, 0.3) is 0 Å². The van der Waals surface area contributed by atoms with Crippen LogP contribution in [0.25, 0.3) is 0 Å². The smallest absolute Gasteiger partial charge is 0.0936 e. The van der Waals surface area contributed by atoms with Gasteiger partial charge in [0.2, 0.25) is 0 Å². The molecule has 0 amide bonds. The molecule has 1 spiro atoms. The Bertz CT molecular complexity index is 394. The van der Waals surface area contributed by atoms with Gasteiger partial charge in [0, 0.05) is 11.3 Å². The summed E-state index contributed by atoms with van der Waals surface area (Å²) in [6.07, 6.45) is 4.82. The maximum Gasteiger partial charge on any atom is 0.0936 e. The van der Waals surface area contributed by atoms with Crippen molar-refractivity contribution >= 4 is 0 Å². The predicted molar refractivity (Wildman–Crippen MR) is 54.0 cm³/mol. The van der Waals surface area contributed by atoms with Crippen LogP contribution in [-0.4, -0.2) is 5.11 Å². The van der Waals surface area contributed by atoms with Crippen LogP contribution in [0, 0.1) is 5.92 Å². The van der Waals surface area contributed by atoms with Crippen molar-refractivity contribution in [3.63, 3.8) is 0 Å². The number of benzene rings is 1. The van der Waals surface area contributed by atoms with E-state index in [0.29, 0.717) is 11.3 Å². The van der Waals surface area contributed by atoms with E-state index in [4.69, 9.17) is 0 Å². The van der Waals surface area contributed by atoms with Gasteiger partial charge in [-0.2, -0.15) is 0 Å². The lowest BCUT2D eigenvalue weighted by molar-refractivity contribution is -0.101. The fourth-order valence-corrected chi connectivity index (χ4v) is 3.85. The largest absolute Gasteiger partial charge is 0.385 e. The van der Waals surface area contributed by atoms with Crippen molar-refractivity contribution < 1.29 is 5.11 Å². The molecule has 72 valence electrons. The van der Waals surface area contributed by atoms with Crippen LogP contribution < -0.4 is 0 Å². The van der Waals surface area contributed by atoms with E-state index < -0.39 is 5.60 Å². The molecule has 0 radical (unpaired) electrons. The molecule has 0 heterocycles. The van der Waals surface area contributed by atoms with Crippen molar-refractivity contribution in [3.05, 3.63) is 35.4 Å². The second-order valence-electron chi connectivity index (χ2n) is 5.22. The molecule has 4 rings (SSSR count). The molecule has 0 aromatic heterocycles. The van der Waals surface area contributed by atoms with E-state index in [0.717, 1.165) is 6.42 Å². The van der Waals surface area contributed by atoms with E-state index in [2.05, 4.69) is 24.3 Å². The van der Waals surface area contributed by atoms with E-state index in [1.54, 1.807) is 0 Å². The van der Waals surface area contributed by atoms with Gasteiger partial charge >= 0.3 is 0 Å². The SMILES string of the molecule is OC12CCC1C1(CC1)c1ccccc12. The molecule has 0 saturated heterocycles. The van der Waals surface area contributed by atoms with Crippen molar-refractivity contribution in [2.75, 3.05) is 0 Å². The van der Waals surface area contributed by atoms with Gasteiger partial charge in [0.15, 0.2) is 0 Å². The highest BCUT2D eigenvalue weighted by Crippen LogP contribution is 2.71. The second-order valence-corrected chi connectivity index (χ2v) is 5.22. The predicted octanol–water partition coefficient (Wildman–Crippen LogP) is 2.33. The zero-order chi connectivity index (χ0) is 9.39. The molecule has 0 bridgehead atoms. The van der Waals surface area contributed by atoms with Crippen molar-refractivity contribution in [2.45, 2.75) is 36.7 Å². The summed E-state index contributed by atoms with van der Waals surface area (Å²) in [6.45, 7) is 0. The summed E-state index contributed by atoms with van der Waals surface area (Å²) >= 11 is 0. The fourth-order valence-electron chi connectivity index (χ4n) is 3.85. The van der Waals surface area contributed by atoms with Gasteiger partial charge in [0.05, 0.1) is 5.60 Å². The maximum absolute atomic E-state index is 10.6. The number of hydrogen-bond donors (Lipinski definition) is 1. The van der Waals surface area contributed by atoms with Crippen LogP contribution in [0.1, 0.15) is 36.8 Å². The first-order valence-electron chi connectivity index (χ1n) is 5.60. The highest BCUT2D eigenvalue weighted by Gasteiger charge is 2.68. The lowest BCUT2D eigenvalue weighted by Gasteiger charge is -2.43. The first-order chi connectivity index (χ1) is 6.77. The molecule has 1 N–H and O–H groups in total. The molecular formula is C13H14O. The molecule has 1 nitrogen and oxygen atoms in total. The lowest BCUT2D eigenvalue weighted by Crippen LogP contribution is -2.44. The van der Waals surface area contributed by atoms with Crippen LogP contribution in [0.4, 0.5) is 0 Å². The molecule has 2 atom stereocenters. The van der Waals surface area contributed by atoms with Gasteiger partial charge in [0.1, 0.15) is 0 Å². The van der Waals surface area contributed by atoms with Crippen LogP contribution in [0.3, 0.4) is 0 Å². The Morgan fingerprint density at radius 3 is 2.36 bits per heavy atom. The number of rotatable bonds is 0. The quantitative estimate of drug-likeness (QED) is 0.659. The highest BCUT2D eigenvalue weighted by molar-refractivity contribution is 5.51. The summed E-state index contributed by atoms with van der Waals surface area (Å²) in [6, 6.07) is 8.55. The summed E-state index contributed by atoms with van der Waals surface area (Å²) in [5.74, 6) is 0.549. The normalized spacial score (nSPS) is 40.2. The van der Waals surface area contributed by atoms with Crippen molar-refractivity contribution in [1.29, 1.82) is 0 Å². The third-order valence-electron chi connectivity index (χ3n) is 4.78. The minimum Gasteiger partial charge on any atom is -0.385 e. The molecule has 2 fully saturated rings. The summed E-state index contributed by atoms with van der Waals surface area (Å²) in [5.41, 5.74) is 2.68. The Balaban J connectivity index is 2.03. The minimum absolute atomic E-state index is 0.406. The molecule has 3 aliphatic carbocycles. The van der Waals surface area contributed by atoms with Crippen LogP contribution in [0.5, 0.6) is 0 Å². The molecule has 14 heavy (non-hydrogen) atoms. The summed E-state index contributed by atoms with van der Waals surface area (Å²) in [4.78, 5) is 0. The van der Waals surface area contributed by atoms with Gasteiger partial charge in [-0.25, -0.2) is 0 Å². The van der Waals surface area contributed by atoms with E-state index in [9.17, 15) is 5.11 Å². The molecule has 1 aromatic carbocycles. The lowest BCUT2D eigenvalue weighted by atomic mass is 9.66. The van der Waals surface area contributed by atoms with Gasteiger partial charge in [-0.15, -0.1) is 0 Å². The van der Waals surface area contributed by atoms with Gasteiger partial charge < -0.3 is 5.11 Å². The third-order valence-corrected chi connectivity index (χ3v) is 4.78. The summed E-state index contributed by atoms with van der Waals surface area (Å²) < 4.78 is 0. The van der Waals surface area contributed by atoms with Crippen LogP contribution >= 0.6 is 0 Å². The number of hydrogen-bond acceptors (Lipinski definition) is 1. The maximum atomic E-state index is 10.6. The van der Waals surface area contributed by atoms with Crippen molar-refractivity contribution in [3.8, 4) is 0 Å². The Labute approximate surface area is 83.8 Å². The summed E-state index contributed by atoms with van der Waals surface area (Å²) in [5, 5.41) is 10.6. The van der Waals surface area contributed by atoms with Crippen LogP contribution in [0.2, 0.25) is 0 Å². The van der Waals surface area contributed by atoms with Crippen molar-refractivity contribution in [1.82, 2.24) is 0 Å². The van der Waals surface area contributed by atoms with Gasteiger partial charge in [-0.1, -0.05) is 24.3 Å². The first-order valence-corrected chi connectivity index (χ1v) is 5.60. The molecular weight excluding hydrogens is 172 g/mol. The Morgan fingerprint density at radius 1 is 1.07 bits per heavy atom. The molecule has 0 aliphatic heterocycles. The molecule has 3 aliphatic rings. The minimum atomic E-state index is -0.437. The third kappa shape index (κ3) is 0.568. The summed E-state index contributed by atoms with van der Waals surface area (Å²) in [7, 11) is 0. The van der Waals surface area contributed by atoms with Crippen LogP contribution in [0.15, 0.2) is 24.3 Å². The standard InChI is InChI=1S/C13H14O/c14-13-6-5-11(13)12(7-8-12)9-3-1-2-4-10(9)13/h1-4,11,14H,5-8H2. The van der Waals surface area contributed by atoms with Gasteiger partial charge in [-0.05, 0) is 36.8 Å². The highest BCUT2D eigenvalue weighted by atomic mass is 16.3.